The Labute approximate surface area is 165 Å². The average Bonchev–Trinajstić information content (AvgIpc) is 3.01. The molecule has 1 saturated heterocycles. The van der Waals surface area contributed by atoms with E-state index < -0.39 is 20.0 Å². The second kappa shape index (κ2) is 7.51. The third kappa shape index (κ3) is 3.88. The van der Waals surface area contributed by atoms with Gasteiger partial charge in [-0.2, -0.15) is 0 Å². The van der Waals surface area contributed by atoms with Crippen LogP contribution in [0.15, 0.2) is 41.3 Å². The van der Waals surface area contributed by atoms with Crippen LogP contribution in [0.4, 0.5) is 11.4 Å². The summed E-state index contributed by atoms with van der Waals surface area (Å²) >= 11 is 0. The van der Waals surface area contributed by atoms with Crippen LogP contribution in [0.1, 0.15) is 12.0 Å². The fraction of sp³-hybridized carbons (Fsp3) is 0.333. The van der Waals surface area contributed by atoms with Gasteiger partial charge in [0.05, 0.1) is 31.3 Å². The number of aryl methyl sites for hydroxylation is 1. The van der Waals surface area contributed by atoms with Gasteiger partial charge in [-0.3, -0.25) is 9.03 Å². The Kier molecular flexibility index (Phi) is 5.44. The molecule has 2 aromatic rings. The lowest BCUT2D eigenvalue weighted by molar-refractivity contribution is 0.402. The third-order valence-corrected chi connectivity index (χ3v) is 7.68. The summed E-state index contributed by atoms with van der Waals surface area (Å²) in [7, 11) is -4.51. The van der Waals surface area contributed by atoms with Gasteiger partial charge in [-0.15, -0.1) is 0 Å². The zero-order valence-corrected chi connectivity index (χ0v) is 17.4. The van der Waals surface area contributed by atoms with Crippen LogP contribution in [-0.2, 0) is 20.0 Å². The first-order chi connectivity index (χ1) is 13.2. The summed E-state index contributed by atoms with van der Waals surface area (Å²) in [5.74, 6) is 0.531. The molecule has 0 amide bonds. The molecular weight excluding hydrogens is 404 g/mol. The lowest BCUT2D eigenvalue weighted by Gasteiger charge is -2.19. The number of rotatable bonds is 6. The number of anilines is 2. The minimum absolute atomic E-state index is 0.00301. The van der Waals surface area contributed by atoms with Crippen molar-refractivity contribution >= 4 is 31.4 Å². The summed E-state index contributed by atoms with van der Waals surface area (Å²) in [6, 6.07) is 9.40. The van der Waals surface area contributed by atoms with Crippen molar-refractivity contribution in [1.29, 1.82) is 0 Å². The molecule has 1 aliphatic rings. The molecule has 1 fully saturated rings. The molecule has 0 aromatic heterocycles. The van der Waals surface area contributed by atoms with Gasteiger partial charge < -0.3 is 9.47 Å². The Hall–Kier alpha value is -2.46. The van der Waals surface area contributed by atoms with E-state index in [0.29, 0.717) is 18.7 Å². The largest absolute Gasteiger partial charge is 0.495 e. The number of nitrogens with zero attached hydrogens (tertiary/aromatic N) is 1. The highest BCUT2D eigenvalue weighted by molar-refractivity contribution is 7.93. The zero-order chi connectivity index (χ0) is 20.5. The van der Waals surface area contributed by atoms with Crippen molar-refractivity contribution in [3.63, 3.8) is 0 Å². The summed E-state index contributed by atoms with van der Waals surface area (Å²) in [6.07, 6.45) is 0.548. The summed E-state index contributed by atoms with van der Waals surface area (Å²) in [5, 5.41) is 0. The lowest BCUT2D eigenvalue weighted by Crippen LogP contribution is -2.25. The number of hydrogen-bond donors (Lipinski definition) is 1. The van der Waals surface area contributed by atoms with E-state index in [0.717, 1.165) is 5.56 Å². The van der Waals surface area contributed by atoms with Crippen LogP contribution in [0.5, 0.6) is 11.5 Å². The molecule has 1 heterocycles. The summed E-state index contributed by atoms with van der Waals surface area (Å²) < 4.78 is 64.3. The minimum atomic E-state index is -3.95. The fourth-order valence-electron chi connectivity index (χ4n) is 3.04. The van der Waals surface area contributed by atoms with Crippen LogP contribution in [0.2, 0.25) is 0 Å². The maximum atomic E-state index is 12.9. The molecule has 8 nitrogen and oxygen atoms in total. The van der Waals surface area contributed by atoms with Gasteiger partial charge in [0.25, 0.3) is 10.0 Å². The maximum Gasteiger partial charge on any atom is 0.265 e. The van der Waals surface area contributed by atoms with Gasteiger partial charge in [0.2, 0.25) is 10.0 Å². The highest BCUT2D eigenvalue weighted by atomic mass is 32.2. The smallest absolute Gasteiger partial charge is 0.265 e. The molecule has 0 atom stereocenters. The predicted octanol–water partition coefficient (Wildman–Crippen LogP) is 2.35. The molecule has 0 unspecified atom stereocenters. The molecule has 152 valence electrons. The van der Waals surface area contributed by atoms with E-state index in [1.54, 1.807) is 25.1 Å². The average molecular weight is 427 g/mol. The van der Waals surface area contributed by atoms with E-state index in [1.807, 2.05) is 0 Å². The van der Waals surface area contributed by atoms with Crippen molar-refractivity contribution in [2.24, 2.45) is 0 Å². The Morgan fingerprint density at radius 3 is 2.36 bits per heavy atom. The normalized spacial score (nSPS) is 16.0. The first kappa shape index (κ1) is 20.3. The maximum absolute atomic E-state index is 12.9. The molecule has 0 spiro atoms. The number of sulfonamides is 2. The van der Waals surface area contributed by atoms with E-state index in [4.69, 9.17) is 9.47 Å². The van der Waals surface area contributed by atoms with Gasteiger partial charge in [-0.25, -0.2) is 16.8 Å². The highest BCUT2D eigenvalue weighted by Gasteiger charge is 2.29. The van der Waals surface area contributed by atoms with Crippen LogP contribution < -0.4 is 18.5 Å². The number of nitrogens with one attached hydrogen (secondary N) is 1. The van der Waals surface area contributed by atoms with Gasteiger partial charge >= 0.3 is 0 Å². The quantitative estimate of drug-likeness (QED) is 0.761. The van der Waals surface area contributed by atoms with Crippen LogP contribution >= 0.6 is 0 Å². The van der Waals surface area contributed by atoms with Crippen molar-refractivity contribution in [2.75, 3.05) is 35.5 Å². The van der Waals surface area contributed by atoms with Gasteiger partial charge in [0.15, 0.2) is 0 Å². The predicted molar refractivity (Wildman–Crippen MR) is 107 cm³/mol. The Balaban J connectivity index is 1.97. The van der Waals surface area contributed by atoms with E-state index in [9.17, 15) is 16.8 Å². The van der Waals surface area contributed by atoms with Crippen LogP contribution in [-0.4, -0.2) is 43.4 Å². The van der Waals surface area contributed by atoms with Gasteiger partial charge in [0.1, 0.15) is 16.4 Å². The molecule has 0 saturated carbocycles. The Morgan fingerprint density at radius 1 is 1.04 bits per heavy atom. The van der Waals surface area contributed by atoms with E-state index in [-0.39, 0.29) is 27.8 Å². The lowest BCUT2D eigenvalue weighted by atomic mass is 10.2. The van der Waals surface area contributed by atoms with Crippen molar-refractivity contribution in [3.8, 4) is 11.5 Å². The van der Waals surface area contributed by atoms with Crippen LogP contribution in [0.25, 0.3) is 0 Å². The van der Waals surface area contributed by atoms with Crippen molar-refractivity contribution in [3.05, 3.63) is 42.0 Å². The van der Waals surface area contributed by atoms with Gasteiger partial charge in [-0.05, 0) is 43.2 Å². The van der Waals surface area contributed by atoms with Crippen molar-refractivity contribution < 1.29 is 26.3 Å². The summed E-state index contributed by atoms with van der Waals surface area (Å²) in [6.45, 7) is 2.17. The van der Waals surface area contributed by atoms with Crippen molar-refractivity contribution in [2.45, 2.75) is 18.2 Å². The highest BCUT2D eigenvalue weighted by Crippen LogP contribution is 2.35. The number of benzene rings is 2. The first-order valence-corrected chi connectivity index (χ1v) is 11.6. The Bertz CT molecular complexity index is 1100. The SMILES string of the molecule is COc1cc(N2CCCS2(=O)=O)ccc1NS(=O)(=O)c1cc(C)ccc1OC. The third-order valence-electron chi connectivity index (χ3n) is 4.43. The minimum Gasteiger partial charge on any atom is -0.495 e. The molecule has 1 N–H and O–H groups in total. The van der Waals surface area contributed by atoms with E-state index >= 15 is 0 Å². The summed E-state index contributed by atoms with van der Waals surface area (Å²) in [5.41, 5.74) is 1.40. The molecule has 28 heavy (non-hydrogen) atoms. The van der Waals surface area contributed by atoms with Gasteiger partial charge in [0, 0.05) is 12.6 Å². The monoisotopic (exact) mass is 426 g/mol. The molecule has 3 rings (SSSR count). The number of hydrogen-bond acceptors (Lipinski definition) is 6. The van der Waals surface area contributed by atoms with Crippen molar-refractivity contribution in [1.82, 2.24) is 0 Å². The van der Waals surface area contributed by atoms with Crippen LogP contribution in [0, 0.1) is 6.92 Å². The number of methoxy groups -OCH3 is 2. The molecule has 2 aromatic carbocycles. The standard InChI is InChI=1S/C18H22N2O6S2/c1-13-5-8-16(25-2)18(11-13)28(23,24)19-15-7-6-14(12-17(15)26-3)20-9-4-10-27(20,21)22/h5-8,11-12,19H,4,9-10H2,1-3H3. The molecule has 1 aliphatic heterocycles. The zero-order valence-electron chi connectivity index (χ0n) is 15.8. The second-order valence-electron chi connectivity index (χ2n) is 6.39. The first-order valence-electron chi connectivity index (χ1n) is 8.54. The molecule has 10 heteroatoms. The molecule has 0 bridgehead atoms. The van der Waals surface area contributed by atoms with Crippen LogP contribution in [0.3, 0.4) is 0 Å². The van der Waals surface area contributed by atoms with E-state index in [1.165, 1.54) is 36.7 Å². The Morgan fingerprint density at radius 2 is 1.75 bits per heavy atom. The molecular formula is C18H22N2O6S2. The van der Waals surface area contributed by atoms with Gasteiger partial charge in [-0.1, -0.05) is 6.07 Å². The molecule has 0 aliphatic carbocycles. The topological polar surface area (TPSA) is 102 Å². The second-order valence-corrected chi connectivity index (χ2v) is 10.0. The summed E-state index contributed by atoms with van der Waals surface area (Å²) in [4.78, 5) is 0.00301. The number of ether oxygens (including phenoxy) is 2. The molecule has 0 radical (unpaired) electrons. The fourth-order valence-corrected chi connectivity index (χ4v) is 5.92. The van der Waals surface area contributed by atoms with E-state index in [2.05, 4.69) is 4.72 Å².